The van der Waals surface area contributed by atoms with Crippen molar-refractivity contribution in [2.75, 3.05) is 6.61 Å². The van der Waals surface area contributed by atoms with Gasteiger partial charge in [0.1, 0.15) is 6.61 Å². The van der Waals surface area contributed by atoms with Crippen LogP contribution in [-0.2, 0) is 25.3 Å². The zero-order valence-electron chi connectivity index (χ0n) is 22.1. The van der Waals surface area contributed by atoms with E-state index in [1.807, 2.05) is 57.7 Å². The van der Waals surface area contributed by atoms with Crippen LogP contribution in [0.4, 0.5) is 4.79 Å². The number of ether oxygens (including phenoxy) is 1. The summed E-state index contributed by atoms with van der Waals surface area (Å²) < 4.78 is 18.2. The lowest BCUT2D eigenvalue weighted by Gasteiger charge is -2.37. The van der Waals surface area contributed by atoms with Crippen LogP contribution in [0, 0.1) is 0 Å². The number of hydrogen-bond acceptors (Lipinski definition) is 5. The summed E-state index contributed by atoms with van der Waals surface area (Å²) in [4.78, 5) is 27.4. The van der Waals surface area contributed by atoms with E-state index in [1.54, 1.807) is 0 Å². The molecular weight excluding hydrogens is 443 g/mol. The first-order chi connectivity index (χ1) is 16.4. The highest BCUT2D eigenvalue weighted by atomic mass is 16.7. The van der Waals surface area contributed by atoms with Crippen molar-refractivity contribution in [1.29, 1.82) is 0 Å². The summed E-state index contributed by atoms with van der Waals surface area (Å²) in [6.45, 7) is 15.8. The second-order valence-electron chi connectivity index (χ2n) is 11.0. The minimum atomic E-state index is -0.596. The van der Waals surface area contributed by atoms with Crippen molar-refractivity contribution in [3.05, 3.63) is 48.6 Å². The Morgan fingerprint density at radius 1 is 1.20 bits per heavy atom. The summed E-state index contributed by atoms with van der Waals surface area (Å²) in [6.07, 6.45) is 4.69. The fourth-order valence-electron chi connectivity index (χ4n) is 4.95. The number of carbonyl (C=O) groups is 2. The molecule has 2 saturated heterocycles. The molecule has 192 valence electrons. The molecule has 1 aromatic rings. The molecule has 35 heavy (non-hydrogen) atoms. The van der Waals surface area contributed by atoms with Gasteiger partial charge >= 0.3 is 13.2 Å². The van der Waals surface area contributed by atoms with Gasteiger partial charge in [0, 0.05) is 6.04 Å². The fraction of sp³-hybridized carbons (Fsp3) is 0.630. The molecule has 3 rings (SSSR count). The summed E-state index contributed by atoms with van der Waals surface area (Å²) in [5.41, 5.74) is -0.405. The van der Waals surface area contributed by atoms with Crippen molar-refractivity contribution in [1.82, 2.24) is 10.2 Å². The number of benzene rings is 1. The van der Waals surface area contributed by atoms with Gasteiger partial charge < -0.3 is 24.3 Å². The number of alkyl carbamates (subject to hydrolysis) is 1. The Morgan fingerprint density at radius 3 is 2.40 bits per heavy atom. The Labute approximate surface area is 210 Å². The lowest BCUT2D eigenvalue weighted by molar-refractivity contribution is -0.133. The van der Waals surface area contributed by atoms with E-state index in [2.05, 4.69) is 31.0 Å². The van der Waals surface area contributed by atoms with Crippen molar-refractivity contribution in [3.63, 3.8) is 0 Å². The number of amides is 2. The summed E-state index contributed by atoms with van der Waals surface area (Å²) in [6, 6.07) is 10.2. The molecule has 0 saturated carbocycles. The van der Waals surface area contributed by atoms with E-state index < -0.39 is 35.9 Å². The molecule has 2 aliphatic heterocycles. The summed E-state index contributed by atoms with van der Waals surface area (Å²) >= 11 is 0. The van der Waals surface area contributed by atoms with Crippen molar-refractivity contribution in [2.24, 2.45) is 0 Å². The second-order valence-corrected chi connectivity index (χ2v) is 11.0. The molecule has 0 bridgehead atoms. The number of rotatable bonds is 9. The second kappa shape index (κ2) is 10.7. The minimum absolute atomic E-state index is 0.115. The largest absolute Gasteiger partial charge is 0.482 e. The van der Waals surface area contributed by atoms with E-state index >= 15 is 0 Å². The van der Waals surface area contributed by atoms with Crippen LogP contribution in [0.3, 0.4) is 0 Å². The Hall–Kier alpha value is -2.32. The van der Waals surface area contributed by atoms with E-state index in [0.29, 0.717) is 6.42 Å². The van der Waals surface area contributed by atoms with Gasteiger partial charge in [0.25, 0.3) is 0 Å². The monoisotopic (exact) mass is 484 g/mol. The van der Waals surface area contributed by atoms with Crippen molar-refractivity contribution in [2.45, 2.75) is 102 Å². The smallest absolute Gasteiger partial charge is 0.447 e. The topological polar surface area (TPSA) is 77.1 Å². The fourth-order valence-corrected chi connectivity index (χ4v) is 4.95. The van der Waals surface area contributed by atoms with Crippen molar-refractivity contribution in [3.8, 4) is 0 Å². The molecule has 0 aliphatic carbocycles. The maximum absolute atomic E-state index is 13.0. The number of likely N-dealkylation sites (tertiary alicyclic amines) is 1. The molecule has 0 spiro atoms. The lowest BCUT2D eigenvalue weighted by Crippen LogP contribution is -2.53. The predicted octanol–water partition coefficient (Wildman–Crippen LogP) is 4.69. The third-order valence-electron chi connectivity index (χ3n) is 7.85. The number of aryl methyl sites for hydroxylation is 1. The zero-order chi connectivity index (χ0) is 25.9. The highest BCUT2D eigenvalue weighted by Crippen LogP contribution is 2.38. The molecule has 1 N–H and O–H groups in total. The molecule has 8 heteroatoms. The van der Waals surface area contributed by atoms with E-state index in [0.717, 1.165) is 25.7 Å². The maximum atomic E-state index is 13.0. The number of nitrogens with zero attached hydrogens (tertiary/aromatic N) is 1. The van der Waals surface area contributed by atoms with Gasteiger partial charge in [0.05, 0.1) is 22.7 Å². The molecule has 2 aliphatic rings. The Kier molecular flexibility index (Phi) is 8.38. The van der Waals surface area contributed by atoms with E-state index in [-0.39, 0.29) is 18.6 Å². The molecule has 0 radical (unpaired) electrons. The van der Waals surface area contributed by atoms with Crippen LogP contribution in [0.15, 0.2) is 43.0 Å². The Morgan fingerprint density at radius 2 is 1.83 bits per heavy atom. The van der Waals surface area contributed by atoms with Gasteiger partial charge in [-0.3, -0.25) is 4.79 Å². The Bertz CT molecular complexity index is 890. The average molecular weight is 484 g/mol. The molecule has 7 nitrogen and oxygen atoms in total. The van der Waals surface area contributed by atoms with E-state index in [4.69, 9.17) is 14.0 Å². The van der Waals surface area contributed by atoms with Crippen LogP contribution in [0.5, 0.6) is 0 Å². The first kappa shape index (κ1) is 27.3. The normalized spacial score (nSPS) is 25.8. The van der Waals surface area contributed by atoms with Crippen LogP contribution < -0.4 is 5.32 Å². The van der Waals surface area contributed by atoms with E-state index in [1.165, 1.54) is 11.6 Å². The molecule has 2 heterocycles. The van der Waals surface area contributed by atoms with Crippen LogP contribution >= 0.6 is 0 Å². The molecule has 2 unspecified atom stereocenters. The number of nitrogens with one attached hydrogen (secondary N) is 1. The van der Waals surface area contributed by atoms with Crippen molar-refractivity contribution < 1.29 is 23.6 Å². The Balaban J connectivity index is 1.68. The molecule has 2 fully saturated rings. The van der Waals surface area contributed by atoms with Crippen LogP contribution in [-0.4, -0.2) is 59.3 Å². The third kappa shape index (κ3) is 6.09. The predicted molar refractivity (Wildman–Crippen MR) is 138 cm³/mol. The van der Waals surface area contributed by atoms with Crippen LogP contribution in [0.2, 0.25) is 0 Å². The zero-order valence-corrected chi connectivity index (χ0v) is 22.1. The third-order valence-corrected chi connectivity index (χ3v) is 7.85. The van der Waals surface area contributed by atoms with Gasteiger partial charge in [-0.25, -0.2) is 4.79 Å². The molecule has 2 amide bonds. The molecule has 3 atom stereocenters. The lowest BCUT2D eigenvalue weighted by atomic mass is 9.75. The SMILES string of the molecule is C=CC(=O)N1C(CC)CCC1(C)COC(=O)N[C@@H](CCc1ccccc1)B1OC(C)(C)C(C)(C)O1. The van der Waals surface area contributed by atoms with Gasteiger partial charge in [-0.1, -0.05) is 43.8 Å². The minimum Gasteiger partial charge on any atom is -0.447 e. The average Bonchev–Trinajstić information content (AvgIpc) is 3.27. The highest BCUT2D eigenvalue weighted by Gasteiger charge is 2.54. The van der Waals surface area contributed by atoms with Gasteiger partial charge in [0.15, 0.2) is 0 Å². The summed E-state index contributed by atoms with van der Waals surface area (Å²) in [5, 5.41) is 2.99. The molecule has 1 aromatic carbocycles. The summed E-state index contributed by atoms with van der Waals surface area (Å²) in [7, 11) is -0.596. The van der Waals surface area contributed by atoms with Crippen LogP contribution in [0.1, 0.15) is 72.8 Å². The maximum Gasteiger partial charge on any atom is 0.482 e. The first-order valence-electron chi connectivity index (χ1n) is 12.7. The standard InChI is InChI=1S/C27H41BN2O5/c1-8-21-17-18-27(7,30(21)23(31)9-2)19-33-24(32)29-22(16-15-20-13-11-10-12-14-20)28-34-25(3,4)26(5,6)35-28/h9-14,21-22H,2,8,15-19H2,1,3-7H3,(H,29,32)/t21?,22-,27?/m0/s1. The van der Waals surface area contributed by atoms with E-state index in [9.17, 15) is 9.59 Å². The van der Waals surface area contributed by atoms with Crippen LogP contribution in [0.25, 0.3) is 0 Å². The highest BCUT2D eigenvalue weighted by molar-refractivity contribution is 6.48. The number of carbonyl (C=O) groups excluding carboxylic acids is 2. The number of hydrogen-bond donors (Lipinski definition) is 1. The quantitative estimate of drug-likeness (QED) is 0.407. The van der Waals surface area contributed by atoms with Gasteiger partial charge in [-0.15, -0.1) is 0 Å². The summed E-state index contributed by atoms with van der Waals surface area (Å²) in [5.74, 6) is -0.520. The first-order valence-corrected chi connectivity index (χ1v) is 12.7. The van der Waals surface area contributed by atoms with Gasteiger partial charge in [0.2, 0.25) is 5.91 Å². The van der Waals surface area contributed by atoms with Gasteiger partial charge in [-0.2, -0.15) is 0 Å². The van der Waals surface area contributed by atoms with Crippen molar-refractivity contribution >= 4 is 19.1 Å². The molecule has 0 aromatic heterocycles. The van der Waals surface area contributed by atoms with Gasteiger partial charge in [-0.05, 0) is 78.4 Å². The molecular formula is C27H41BN2O5.